The van der Waals surface area contributed by atoms with Gasteiger partial charge >= 0.3 is 0 Å². The van der Waals surface area contributed by atoms with E-state index >= 15 is 0 Å². The molecule has 0 atom stereocenters. The highest BCUT2D eigenvalue weighted by atomic mass is 32.2. The molecule has 0 aliphatic carbocycles. The third-order valence-electron chi connectivity index (χ3n) is 5.29. The number of rotatable bonds is 8. The van der Waals surface area contributed by atoms with E-state index in [4.69, 9.17) is 12.7 Å². The van der Waals surface area contributed by atoms with Gasteiger partial charge in [-0.15, -0.1) is 4.91 Å². The molecule has 2 aromatic rings. The summed E-state index contributed by atoms with van der Waals surface area (Å²) >= 11 is 0. The molecule has 2 radical (unpaired) electrons. The molecule has 30 heavy (non-hydrogen) atoms. The minimum Gasteiger partial charge on any atom is -0.286 e. The van der Waals surface area contributed by atoms with Crippen molar-refractivity contribution in [3.8, 4) is 0 Å². The Morgan fingerprint density at radius 1 is 1.10 bits per heavy atom. The zero-order chi connectivity index (χ0) is 21.7. The standard InChI is InChI=1S/C21H24BN3O4S/c1-3-16-17(4-2)21(24-29-14-22)18-10-9-15(13-19(18)20(16)23-26)30(27,28)25-11-7-5-6-8-12-25/h3-4,9-10,13,24H,1-2,5-8,11-12,14H2. The molecule has 2 aromatic carbocycles. The van der Waals surface area contributed by atoms with Crippen molar-refractivity contribution in [2.75, 3.05) is 25.1 Å². The van der Waals surface area contributed by atoms with Crippen LogP contribution in [0.3, 0.4) is 0 Å². The number of nitroso groups, excluding NO2 is 1. The molecule has 3 rings (SSSR count). The first-order valence-corrected chi connectivity index (χ1v) is 11.2. The summed E-state index contributed by atoms with van der Waals surface area (Å²) in [6.07, 6.45) is 6.74. The maximum absolute atomic E-state index is 13.2. The zero-order valence-electron chi connectivity index (χ0n) is 16.8. The fourth-order valence-electron chi connectivity index (χ4n) is 3.82. The molecule has 0 unspecified atom stereocenters. The molecule has 7 nitrogen and oxygen atoms in total. The maximum atomic E-state index is 13.2. The van der Waals surface area contributed by atoms with Gasteiger partial charge in [0.1, 0.15) is 13.5 Å². The number of nitrogens with zero attached hydrogens (tertiary/aromatic N) is 2. The lowest BCUT2D eigenvalue weighted by atomic mass is 9.96. The smallest absolute Gasteiger partial charge is 0.243 e. The number of hydrogen-bond acceptors (Lipinski definition) is 6. The Morgan fingerprint density at radius 3 is 2.33 bits per heavy atom. The topological polar surface area (TPSA) is 88.1 Å². The van der Waals surface area contributed by atoms with Crippen LogP contribution in [0.25, 0.3) is 22.9 Å². The summed E-state index contributed by atoms with van der Waals surface area (Å²) < 4.78 is 28.0. The summed E-state index contributed by atoms with van der Waals surface area (Å²) in [5.41, 5.74) is 4.36. The predicted octanol–water partition coefficient (Wildman–Crippen LogP) is 4.56. The highest BCUT2D eigenvalue weighted by Crippen LogP contribution is 2.42. The van der Waals surface area contributed by atoms with Crippen LogP contribution in [0.4, 0.5) is 11.4 Å². The van der Waals surface area contributed by atoms with Crippen LogP contribution in [0.2, 0.25) is 0 Å². The van der Waals surface area contributed by atoms with E-state index in [-0.39, 0.29) is 17.1 Å². The van der Waals surface area contributed by atoms with Crippen LogP contribution in [-0.4, -0.2) is 40.2 Å². The Bertz CT molecular complexity index is 1080. The van der Waals surface area contributed by atoms with E-state index < -0.39 is 10.0 Å². The maximum Gasteiger partial charge on any atom is 0.243 e. The van der Waals surface area contributed by atoms with E-state index in [0.717, 1.165) is 25.7 Å². The number of benzene rings is 2. The van der Waals surface area contributed by atoms with Gasteiger partial charge in [0.15, 0.2) is 0 Å². The number of nitrogens with one attached hydrogen (secondary N) is 1. The summed E-state index contributed by atoms with van der Waals surface area (Å²) in [5, 5.41) is 4.12. The average Bonchev–Trinajstić information content (AvgIpc) is 3.06. The van der Waals surface area contributed by atoms with Crippen LogP contribution in [0, 0.1) is 4.91 Å². The number of hydrogen-bond donors (Lipinski definition) is 1. The highest BCUT2D eigenvalue weighted by molar-refractivity contribution is 7.89. The third kappa shape index (κ3) is 4.05. The quantitative estimate of drug-likeness (QED) is 0.381. The van der Waals surface area contributed by atoms with Gasteiger partial charge in [0, 0.05) is 41.5 Å². The van der Waals surface area contributed by atoms with Crippen LogP contribution >= 0.6 is 0 Å². The first kappa shape index (κ1) is 22.2. The largest absolute Gasteiger partial charge is 0.286 e. The highest BCUT2D eigenvalue weighted by Gasteiger charge is 2.27. The Labute approximate surface area is 178 Å². The van der Waals surface area contributed by atoms with Gasteiger partial charge in [-0.3, -0.25) is 10.3 Å². The molecule has 0 spiro atoms. The fourth-order valence-corrected chi connectivity index (χ4v) is 5.37. The van der Waals surface area contributed by atoms with Crippen LogP contribution in [0.1, 0.15) is 36.8 Å². The summed E-state index contributed by atoms with van der Waals surface area (Å²) in [7, 11) is 1.74. The molecule has 1 aliphatic rings. The molecule has 1 fully saturated rings. The monoisotopic (exact) mass is 425 g/mol. The van der Waals surface area contributed by atoms with Crippen molar-refractivity contribution in [2.24, 2.45) is 5.18 Å². The molecule has 0 bridgehead atoms. The molecular formula is C21H24BN3O4S. The van der Waals surface area contributed by atoms with Gasteiger partial charge in [0.25, 0.3) is 0 Å². The van der Waals surface area contributed by atoms with Gasteiger partial charge in [-0.25, -0.2) is 8.42 Å². The van der Waals surface area contributed by atoms with Gasteiger partial charge < -0.3 is 0 Å². The normalized spacial score (nSPS) is 15.5. The molecular weight excluding hydrogens is 401 g/mol. The SMILES string of the molecule is [B]CONc1c(C=C)c(C=C)c(N=O)c2cc(S(=O)(=O)N3CCCCCC3)ccc12. The van der Waals surface area contributed by atoms with Crippen molar-refractivity contribution in [3.63, 3.8) is 0 Å². The summed E-state index contributed by atoms with van der Waals surface area (Å²) in [6.45, 7) is 8.45. The number of anilines is 1. The van der Waals surface area contributed by atoms with Crippen molar-refractivity contribution in [3.05, 3.63) is 47.4 Å². The van der Waals surface area contributed by atoms with E-state index in [2.05, 4.69) is 23.8 Å². The first-order valence-electron chi connectivity index (χ1n) is 9.79. The van der Waals surface area contributed by atoms with Crippen molar-refractivity contribution >= 4 is 52.2 Å². The van der Waals surface area contributed by atoms with Gasteiger partial charge in [0.2, 0.25) is 10.0 Å². The average molecular weight is 425 g/mol. The lowest BCUT2D eigenvalue weighted by Crippen LogP contribution is -2.31. The molecule has 1 heterocycles. The second-order valence-electron chi connectivity index (χ2n) is 6.99. The van der Waals surface area contributed by atoms with Gasteiger partial charge in [-0.2, -0.15) is 4.31 Å². The van der Waals surface area contributed by atoms with Crippen molar-refractivity contribution in [1.82, 2.24) is 4.31 Å². The molecule has 0 aromatic heterocycles. The Hall–Kier alpha value is -2.49. The van der Waals surface area contributed by atoms with E-state index in [9.17, 15) is 13.3 Å². The van der Waals surface area contributed by atoms with Crippen molar-refractivity contribution in [2.45, 2.75) is 30.6 Å². The molecule has 156 valence electrons. The number of sulfonamides is 1. The van der Waals surface area contributed by atoms with Crippen LogP contribution in [-0.2, 0) is 14.9 Å². The van der Waals surface area contributed by atoms with Gasteiger partial charge in [0.05, 0.1) is 10.6 Å². The summed E-state index contributed by atoms with van der Waals surface area (Å²) in [6, 6.07) is 4.65. The van der Waals surface area contributed by atoms with E-state index in [1.807, 2.05) is 0 Å². The lowest BCUT2D eigenvalue weighted by molar-refractivity contribution is 0.248. The summed E-state index contributed by atoms with van der Waals surface area (Å²) in [5.74, 6) is 0. The molecule has 0 amide bonds. The Balaban J connectivity index is 2.25. The van der Waals surface area contributed by atoms with Crippen LogP contribution in [0.15, 0.2) is 41.4 Å². The molecule has 9 heteroatoms. The second kappa shape index (κ2) is 9.55. The zero-order valence-corrected chi connectivity index (χ0v) is 17.6. The summed E-state index contributed by atoms with van der Waals surface area (Å²) in [4.78, 5) is 17.0. The van der Waals surface area contributed by atoms with Crippen LogP contribution in [0.5, 0.6) is 0 Å². The lowest BCUT2D eigenvalue weighted by Gasteiger charge is -2.21. The Morgan fingerprint density at radius 2 is 1.77 bits per heavy atom. The predicted molar refractivity (Wildman–Crippen MR) is 122 cm³/mol. The fraction of sp³-hybridized carbons (Fsp3) is 0.333. The van der Waals surface area contributed by atoms with Crippen molar-refractivity contribution < 1.29 is 13.3 Å². The molecule has 1 saturated heterocycles. The van der Waals surface area contributed by atoms with E-state index in [0.29, 0.717) is 40.7 Å². The first-order chi connectivity index (χ1) is 14.5. The van der Waals surface area contributed by atoms with E-state index in [1.54, 1.807) is 12.1 Å². The van der Waals surface area contributed by atoms with Gasteiger partial charge in [-0.05, 0) is 30.2 Å². The van der Waals surface area contributed by atoms with Gasteiger partial charge in [-0.1, -0.05) is 44.2 Å². The van der Waals surface area contributed by atoms with Crippen LogP contribution < -0.4 is 5.48 Å². The molecule has 1 aliphatic heterocycles. The minimum atomic E-state index is -3.69. The van der Waals surface area contributed by atoms with E-state index in [1.165, 1.54) is 22.5 Å². The molecule has 1 N–H and O–H groups in total. The third-order valence-corrected chi connectivity index (χ3v) is 7.18. The second-order valence-corrected chi connectivity index (χ2v) is 8.93. The molecule has 0 saturated carbocycles. The minimum absolute atomic E-state index is 0.0867. The van der Waals surface area contributed by atoms with Crippen molar-refractivity contribution in [1.29, 1.82) is 0 Å². The Kier molecular flexibility index (Phi) is 7.07. The number of fused-ring (bicyclic) bond motifs is 1.